The highest BCUT2D eigenvalue weighted by atomic mass is 16.5. The second-order valence-electron chi connectivity index (χ2n) is 13.9. The van der Waals surface area contributed by atoms with Gasteiger partial charge in [0.25, 0.3) is 0 Å². The standard InChI is InChI=1S/C17H34O2.2C9H18O2.C4H10O2/c1-5-7-9-13-16(6-2)19-17(18)14-11-8-10-12-15(3)4;2*1-8(2)6-4-3-5-7-9(10)11;5-3-1-2-4-6/h15-16H,5-14H2,1-4H3;2*8H,3-7H2,1-2H3,(H,10,11);5-6H,1-4H2. The zero-order valence-corrected chi connectivity index (χ0v) is 32.2. The lowest BCUT2D eigenvalue weighted by molar-refractivity contribution is -0.149. The summed E-state index contributed by atoms with van der Waals surface area (Å²) in [6.07, 6.45) is 21.7. The van der Waals surface area contributed by atoms with E-state index in [0.717, 1.165) is 82.0 Å². The van der Waals surface area contributed by atoms with E-state index in [4.69, 9.17) is 25.2 Å². The van der Waals surface area contributed by atoms with Crippen molar-refractivity contribution in [3.05, 3.63) is 0 Å². The first-order valence-electron chi connectivity index (χ1n) is 19.1. The van der Waals surface area contributed by atoms with Gasteiger partial charge < -0.3 is 25.2 Å². The number of esters is 1. The summed E-state index contributed by atoms with van der Waals surface area (Å²) in [7, 11) is 0. The van der Waals surface area contributed by atoms with E-state index in [9.17, 15) is 14.4 Å². The molecule has 0 saturated carbocycles. The van der Waals surface area contributed by atoms with Crippen LogP contribution in [0.3, 0.4) is 0 Å². The third-order valence-corrected chi connectivity index (χ3v) is 7.46. The summed E-state index contributed by atoms with van der Waals surface area (Å²) < 4.78 is 5.53. The van der Waals surface area contributed by atoms with Crippen molar-refractivity contribution in [2.75, 3.05) is 13.2 Å². The predicted octanol–water partition coefficient (Wildman–Crippen LogP) is 10.6. The van der Waals surface area contributed by atoms with Crippen LogP contribution in [-0.2, 0) is 19.1 Å². The van der Waals surface area contributed by atoms with Crippen LogP contribution in [0.15, 0.2) is 0 Å². The van der Waals surface area contributed by atoms with Crippen LogP contribution in [0.4, 0.5) is 0 Å². The second kappa shape index (κ2) is 42.4. The molecular weight excluding hydrogens is 596 g/mol. The molecule has 284 valence electrons. The van der Waals surface area contributed by atoms with Gasteiger partial charge in [0.1, 0.15) is 6.10 Å². The third-order valence-electron chi connectivity index (χ3n) is 7.46. The topological polar surface area (TPSA) is 141 Å². The molecule has 0 spiro atoms. The van der Waals surface area contributed by atoms with Gasteiger partial charge in [-0.1, -0.05) is 126 Å². The van der Waals surface area contributed by atoms with E-state index in [2.05, 4.69) is 55.4 Å². The van der Waals surface area contributed by atoms with Gasteiger partial charge in [-0.25, -0.2) is 0 Å². The molecule has 0 fully saturated rings. The number of carbonyl (C=O) groups excluding carboxylic acids is 1. The number of aliphatic hydroxyl groups is 2. The van der Waals surface area contributed by atoms with Gasteiger partial charge in [-0.3, -0.25) is 14.4 Å². The zero-order valence-electron chi connectivity index (χ0n) is 32.2. The summed E-state index contributed by atoms with van der Waals surface area (Å²) in [6.45, 7) is 18.0. The normalized spacial score (nSPS) is 11.2. The van der Waals surface area contributed by atoms with Crippen LogP contribution in [0, 0.1) is 17.8 Å². The highest BCUT2D eigenvalue weighted by Crippen LogP contribution is 2.14. The van der Waals surface area contributed by atoms with E-state index in [1.54, 1.807) is 0 Å². The molecule has 0 bridgehead atoms. The maximum absolute atomic E-state index is 11.7. The molecule has 0 aliphatic heterocycles. The Morgan fingerprint density at radius 3 is 1.15 bits per heavy atom. The fraction of sp³-hybridized carbons (Fsp3) is 0.923. The van der Waals surface area contributed by atoms with Gasteiger partial charge >= 0.3 is 17.9 Å². The highest BCUT2D eigenvalue weighted by Gasteiger charge is 2.12. The lowest BCUT2D eigenvalue weighted by atomic mass is 10.0. The minimum Gasteiger partial charge on any atom is -0.481 e. The molecule has 8 heteroatoms. The molecule has 4 N–H and O–H groups in total. The van der Waals surface area contributed by atoms with Crippen LogP contribution >= 0.6 is 0 Å². The SMILES string of the molecule is CC(C)CCCCCC(=O)O.CC(C)CCCCCC(=O)O.CCCCCC(CC)OC(=O)CCCCCC(C)C.OCCCCO. The Bertz CT molecular complexity index is 617. The van der Waals surface area contributed by atoms with E-state index in [1.807, 2.05) is 0 Å². The summed E-state index contributed by atoms with van der Waals surface area (Å²) in [5, 5.41) is 32.8. The van der Waals surface area contributed by atoms with Crippen LogP contribution in [0.2, 0.25) is 0 Å². The van der Waals surface area contributed by atoms with Gasteiger partial charge in [0.2, 0.25) is 0 Å². The zero-order chi connectivity index (χ0) is 36.7. The van der Waals surface area contributed by atoms with Gasteiger partial charge in [0, 0.05) is 32.5 Å². The van der Waals surface area contributed by atoms with Crippen molar-refractivity contribution >= 4 is 17.9 Å². The molecule has 0 aliphatic carbocycles. The number of rotatable bonds is 27. The molecule has 0 aromatic carbocycles. The molecule has 0 aromatic heterocycles. The molecule has 0 heterocycles. The molecule has 1 unspecified atom stereocenters. The molecule has 0 aromatic rings. The number of aliphatic hydroxyl groups excluding tert-OH is 2. The summed E-state index contributed by atoms with van der Waals surface area (Å²) in [4.78, 5) is 31.9. The monoisotopic (exact) mass is 677 g/mol. The first-order chi connectivity index (χ1) is 22.3. The van der Waals surface area contributed by atoms with E-state index in [0.29, 0.717) is 19.3 Å². The highest BCUT2D eigenvalue weighted by molar-refractivity contribution is 5.69. The molecule has 0 amide bonds. The van der Waals surface area contributed by atoms with E-state index >= 15 is 0 Å². The third kappa shape index (κ3) is 60.2. The maximum Gasteiger partial charge on any atom is 0.306 e. The van der Waals surface area contributed by atoms with Crippen LogP contribution < -0.4 is 0 Å². The lowest BCUT2D eigenvalue weighted by Crippen LogP contribution is -2.17. The number of hydrogen-bond donors (Lipinski definition) is 4. The number of carboxylic acid groups (broad SMARTS) is 2. The number of ether oxygens (including phenoxy) is 1. The quantitative estimate of drug-likeness (QED) is 0.0497. The van der Waals surface area contributed by atoms with Crippen molar-refractivity contribution in [2.24, 2.45) is 17.8 Å². The van der Waals surface area contributed by atoms with E-state index in [-0.39, 0.29) is 25.3 Å². The van der Waals surface area contributed by atoms with Crippen LogP contribution in [0.25, 0.3) is 0 Å². The molecular formula is C39H80O8. The second-order valence-corrected chi connectivity index (χ2v) is 13.9. The van der Waals surface area contributed by atoms with Gasteiger partial charge in [-0.05, 0) is 69.1 Å². The van der Waals surface area contributed by atoms with Crippen molar-refractivity contribution in [3.63, 3.8) is 0 Å². The van der Waals surface area contributed by atoms with E-state index in [1.165, 1.54) is 57.8 Å². The Morgan fingerprint density at radius 2 is 0.851 bits per heavy atom. The Morgan fingerprint density at radius 1 is 0.489 bits per heavy atom. The van der Waals surface area contributed by atoms with Crippen molar-refractivity contribution in [2.45, 2.75) is 203 Å². The Labute approximate surface area is 290 Å². The average Bonchev–Trinajstić information content (AvgIpc) is 2.99. The predicted molar refractivity (Wildman–Crippen MR) is 197 cm³/mol. The Hall–Kier alpha value is -1.67. The first-order valence-corrected chi connectivity index (χ1v) is 19.1. The fourth-order valence-corrected chi connectivity index (χ4v) is 4.45. The van der Waals surface area contributed by atoms with Gasteiger partial charge in [-0.15, -0.1) is 0 Å². The van der Waals surface area contributed by atoms with Gasteiger partial charge in [-0.2, -0.15) is 0 Å². The van der Waals surface area contributed by atoms with Crippen LogP contribution in [0.5, 0.6) is 0 Å². The maximum atomic E-state index is 11.7. The minimum atomic E-state index is -0.672. The largest absolute Gasteiger partial charge is 0.481 e. The molecule has 0 saturated heterocycles. The van der Waals surface area contributed by atoms with Crippen LogP contribution in [0.1, 0.15) is 197 Å². The van der Waals surface area contributed by atoms with Gasteiger partial charge in [0.05, 0.1) is 0 Å². The molecule has 0 rings (SSSR count). The molecule has 8 nitrogen and oxygen atoms in total. The van der Waals surface area contributed by atoms with Crippen LogP contribution in [-0.4, -0.2) is 57.7 Å². The Balaban J connectivity index is -0.000000284. The lowest BCUT2D eigenvalue weighted by Gasteiger charge is -2.16. The first kappa shape index (κ1) is 52.1. The summed E-state index contributed by atoms with van der Waals surface area (Å²) >= 11 is 0. The summed E-state index contributed by atoms with van der Waals surface area (Å²) in [6, 6.07) is 0. The number of carbonyl (C=O) groups is 3. The van der Waals surface area contributed by atoms with Crippen molar-refractivity contribution in [1.82, 2.24) is 0 Å². The van der Waals surface area contributed by atoms with Crippen molar-refractivity contribution in [1.29, 1.82) is 0 Å². The molecule has 47 heavy (non-hydrogen) atoms. The number of unbranched alkanes of at least 4 members (excludes halogenated alkanes) is 9. The number of aliphatic carboxylic acids is 2. The molecule has 1 atom stereocenters. The molecule has 0 aliphatic rings. The minimum absolute atomic E-state index is 0.00731. The average molecular weight is 677 g/mol. The fourth-order valence-electron chi connectivity index (χ4n) is 4.45. The van der Waals surface area contributed by atoms with Gasteiger partial charge in [0.15, 0.2) is 0 Å². The number of carboxylic acids is 2. The smallest absolute Gasteiger partial charge is 0.306 e. The summed E-state index contributed by atoms with van der Waals surface area (Å²) in [5.74, 6) is 0.937. The van der Waals surface area contributed by atoms with Crippen molar-refractivity contribution in [3.8, 4) is 0 Å². The van der Waals surface area contributed by atoms with E-state index < -0.39 is 11.9 Å². The van der Waals surface area contributed by atoms with Crippen molar-refractivity contribution < 1.29 is 39.5 Å². The summed E-state index contributed by atoms with van der Waals surface area (Å²) in [5.41, 5.74) is 0. The number of hydrogen-bond acceptors (Lipinski definition) is 6. The Kier molecular flexibility index (Phi) is 47.0. The molecule has 0 radical (unpaired) electrons.